The van der Waals surface area contributed by atoms with Crippen LogP contribution in [0, 0.1) is 11.3 Å². The van der Waals surface area contributed by atoms with E-state index in [1.54, 1.807) is 13.2 Å². The minimum Gasteiger partial charge on any atom is -0.497 e. The summed E-state index contributed by atoms with van der Waals surface area (Å²) in [6.45, 7) is 3.64. The molecule has 1 aromatic heterocycles. The Morgan fingerprint density at radius 3 is 2.55 bits per heavy atom. The van der Waals surface area contributed by atoms with Crippen LogP contribution in [0.2, 0.25) is 0 Å². The summed E-state index contributed by atoms with van der Waals surface area (Å²) in [5.41, 5.74) is 3.23. The Hall–Kier alpha value is -3.72. The maximum Gasteiger partial charge on any atom is 0.246 e. The molecule has 31 heavy (non-hydrogen) atoms. The van der Waals surface area contributed by atoms with Crippen LogP contribution in [-0.2, 0) is 11.3 Å². The number of carbonyl (C=O) groups is 1. The van der Waals surface area contributed by atoms with Crippen LogP contribution in [0.4, 0.5) is 5.69 Å². The molecule has 1 aliphatic heterocycles. The number of fused-ring (bicyclic) bond motifs is 1. The predicted octanol–water partition coefficient (Wildman–Crippen LogP) is 3.93. The zero-order valence-corrected chi connectivity index (χ0v) is 17.7. The number of rotatable bonds is 6. The highest BCUT2D eigenvalue weighted by molar-refractivity contribution is 5.96. The van der Waals surface area contributed by atoms with E-state index in [9.17, 15) is 4.79 Å². The van der Waals surface area contributed by atoms with E-state index in [1.807, 2.05) is 47.5 Å². The quantitative estimate of drug-likeness (QED) is 0.574. The Morgan fingerprint density at radius 2 is 1.84 bits per heavy atom. The van der Waals surface area contributed by atoms with Gasteiger partial charge < -0.3 is 19.1 Å². The molecule has 3 aromatic rings. The average molecular weight is 415 g/mol. The number of hydrogen-bond donors (Lipinski definition) is 0. The van der Waals surface area contributed by atoms with Crippen molar-refractivity contribution in [3.05, 3.63) is 66.4 Å². The fourth-order valence-corrected chi connectivity index (χ4v) is 4.01. The van der Waals surface area contributed by atoms with Gasteiger partial charge in [-0.15, -0.1) is 0 Å². The van der Waals surface area contributed by atoms with Crippen LogP contribution in [0.25, 0.3) is 17.0 Å². The van der Waals surface area contributed by atoms with Crippen molar-refractivity contribution in [1.29, 1.82) is 5.26 Å². The minimum atomic E-state index is 0.0308. The number of hydrogen-bond acceptors (Lipinski definition) is 4. The molecule has 2 heterocycles. The summed E-state index contributed by atoms with van der Waals surface area (Å²) in [6, 6.07) is 18.3. The fourth-order valence-electron chi connectivity index (χ4n) is 4.01. The lowest BCUT2D eigenvalue weighted by Crippen LogP contribution is -2.48. The van der Waals surface area contributed by atoms with Crippen molar-refractivity contribution in [3.8, 4) is 11.8 Å². The molecule has 0 aliphatic carbocycles. The molecule has 2 aromatic carbocycles. The monoisotopic (exact) mass is 414 g/mol. The maximum atomic E-state index is 12.8. The summed E-state index contributed by atoms with van der Waals surface area (Å²) in [5, 5.41) is 10.00. The van der Waals surface area contributed by atoms with Crippen molar-refractivity contribution >= 4 is 28.6 Å². The van der Waals surface area contributed by atoms with Gasteiger partial charge in [0.05, 0.1) is 19.6 Å². The molecule has 158 valence electrons. The average Bonchev–Trinajstić information content (AvgIpc) is 3.19. The van der Waals surface area contributed by atoms with Crippen molar-refractivity contribution < 1.29 is 9.53 Å². The van der Waals surface area contributed by atoms with Gasteiger partial charge in [0.15, 0.2) is 0 Å². The first-order valence-electron chi connectivity index (χ1n) is 10.5. The highest BCUT2D eigenvalue weighted by Gasteiger charge is 2.20. The summed E-state index contributed by atoms with van der Waals surface area (Å²) in [5.74, 6) is 0.875. The highest BCUT2D eigenvalue weighted by atomic mass is 16.5. The molecule has 0 atom stereocenters. The molecule has 0 bridgehead atoms. The van der Waals surface area contributed by atoms with Gasteiger partial charge in [0.1, 0.15) is 5.75 Å². The Labute approximate surface area is 182 Å². The zero-order valence-electron chi connectivity index (χ0n) is 17.7. The summed E-state index contributed by atoms with van der Waals surface area (Å²) < 4.78 is 7.30. The first kappa shape index (κ1) is 20.5. The summed E-state index contributed by atoms with van der Waals surface area (Å²) in [4.78, 5) is 16.9. The van der Waals surface area contributed by atoms with Crippen molar-refractivity contribution in [2.75, 3.05) is 38.2 Å². The van der Waals surface area contributed by atoms with Gasteiger partial charge in [-0.25, -0.2) is 0 Å². The lowest BCUT2D eigenvalue weighted by Gasteiger charge is -2.35. The van der Waals surface area contributed by atoms with Gasteiger partial charge in [-0.1, -0.05) is 18.2 Å². The number of nitriles is 1. The van der Waals surface area contributed by atoms with Crippen LogP contribution in [0.1, 0.15) is 12.0 Å². The normalized spacial score (nSPS) is 14.2. The predicted molar refractivity (Wildman–Crippen MR) is 123 cm³/mol. The maximum absolute atomic E-state index is 12.8. The van der Waals surface area contributed by atoms with Crippen LogP contribution in [-0.4, -0.2) is 48.7 Å². The number of benzene rings is 2. The number of carbonyl (C=O) groups excluding carboxylic acids is 1. The molecule has 6 nitrogen and oxygen atoms in total. The van der Waals surface area contributed by atoms with Crippen LogP contribution >= 0.6 is 0 Å². The lowest BCUT2D eigenvalue weighted by molar-refractivity contribution is -0.126. The van der Waals surface area contributed by atoms with E-state index in [4.69, 9.17) is 10.00 Å². The van der Waals surface area contributed by atoms with Crippen molar-refractivity contribution in [3.63, 3.8) is 0 Å². The molecule has 1 saturated heterocycles. The van der Waals surface area contributed by atoms with Crippen LogP contribution < -0.4 is 9.64 Å². The Balaban J connectivity index is 1.40. The van der Waals surface area contributed by atoms with E-state index in [2.05, 4.69) is 33.7 Å². The molecular weight excluding hydrogens is 388 g/mol. The summed E-state index contributed by atoms with van der Waals surface area (Å²) in [6.07, 6.45) is 6.04. The number of methoxy groups -OCH3 is 1. The molecule has 0 radical (unpaired) electrons. The van der Waals surface area contributed by atoms with Gasteiger partial charge >= 0.3 is 0 Å². The fraction of sp³-hybridized carbons (Fsp3) is 0.280. The van der Waals surface area contributed by atoms with Crippen molar-refractivity contribution in [1.82, 2.24) is 9.47 Å². The second-order valence-electron chi connectivity index (χ2n) is 7.55. The molecule has 1 fully saturated rings. The molecule has 0 N–H and O–H groups in total. The number of ether oxygens (including phenoxy) is 1. The number of piperazine rings is 1. The lowest BCUT2D eigenvalue weighted by atomic mass is 10.1. The number of aromatic nitrogens is 1. The molecule has 0 saturated carbocycles. The van der Waals surface area contributed by atoms with E-state index >= 15 is 0 Å². The van der Waals surface area contributed by atoms with E-state index in [1.165, 1.54) is 0 Å². The molecular formula is C25H26N4O2. The van der Waals surface area contributed by atoms with Gasteiger partial charge in [0.2, 0.25) is 5.91 Å². The van der Waals surface area contributed by atoms with Gasteiger partial charge in [0, 0.05) is 67.2 Å². The van der Waals surface area contributed by atoms with E-state index in [0.29, 0.717) is 26.1 Å². The third kappa shape index (κ3) is 4.56. The second kappa shape index (κ2) is 9.40. The van der Waals surface area contributed by atoms with Crippen molar-refractivity contribution in [2.24, 2.45) is 0 Å². The van der Waals surface area contributed by atoms with Crippen LogP contribution in [0.3, 0.4) is 0 Å². The highest BCUT2D eigenvalue weighted by Crippen LogP contribution is 2.23. The zero-order chi connectivity index (χ0) is 21.6. The molecule has 4 rings (SSSR count). The third-order valence-electron chi connectivity index (χ3n) is 5.72. The number of anilines is 1. The molecule has 0 unspecified atom stereocenters. The molecule has 1 amide bonds. The molecule has 1 aliphatic rings. The Kier molecular flexibility index (Phi) is 6.23. The number of aryl methyl sites for hydroxylation is 1. The summed E-state index contributed by atoms with van der Waals surface area (Å²) in [7, 11) is 1.66. The standard InChI is InChI=1S/C25H26N4O2/c1-31-22-10-8-21(9-11-22)27-15-17-28(18-16-27)25(30)12-7-20-19-29(14-4-13-26)24-6-3-2-5-23(20)24/h2-3,5-12,19H,4,14-18H2,1H3/b12-7+. The Morgan fingerprint density at radius 1 is 1.10 bits per heavy atom. The largest absolute Gasteiger partial charge is 0.497 e. The van der Waals surface area contributed by atoms with Gasteiger partial charge in [-0.3, -0.25) is 4.79 Å². The van der Waals surface area contributed by atoms with E-state index in [0.717, 1.165) is 41.0 Å². The SMILES string of the molecule is COc1ccc(N2CCN(C(=O)/C=C/c3cn(CCC#N)c4ccccc34)CC2)cc1. The van der Waals surface area contributed by atoms with E-state index < -0.39 is 0 Å². The first-order chi connectivity index (χ1) is 15.2. The second-order valence-corrected chi connectivity index (χ2v) is 7.55. The summed E-state index contributed by atoms with van der Waals surface area (Å²) >= 11 is 0. The van der Waals surface area contributed by atoms with Crippen molar-refractivity contribution in [2.45, 2.75) is 13.0 Å². The number of amides is 1. The smallest absolute Gasteiger partial charge is 0.246 e. The number of para-hydroxylation sites is 1. The minimum absolute atomic E-state index is 0.0308. The number of nitrogens with zero attached hydrogens (tertiary/aromatic N) is 4. The van der Waals surface area contributed by atoms with Crippen LogP contribution in [0.5, 0.6) is 5.75 Å². The van der Waals surface area contributed by atoms with Crippen LogP contribution in [0.15, 0.2) is 60.8 Å². The third-order valence-corrected chi connectivity index (χ3v) is 5.72. The molecule has 0 spiro atoms. The van der Waals surface area contributed by atoms with Gasteiger partial charge in [-0.05, 0) is 36.4 Å². The topological polar surface area (TPSA) is 61.5 Å². The van der Waals surface area contributed by atoms with E-state index in [-0.39, 0.29) is 5.91 Å². The van der Waals surface area contributed by atoms with Gasteiger partial charge in [-0.2, -0.15) is 5.26 Å². The van der Waals surface area contributed by atoms with Gasteiger partial charge in [0.25, 0.3) is 0 Å². The molecule has 6 heteroatoms. The first-order valence-corrected chi connectivity index (χ1v) is 10.5. The Bertz CT molecular complexity index is 1120.